The Balaban J connectivity index is 1.36. The van der Waals surface area contributed by atoms with Crippen LogP contribution in [0.1, 0.15) is 56.7 Å². The first-order chi connectivity index (χ1) is 16.1. The Labute approximate surface area is 193 Å². The van der Waals surface area contributed by atoms with Gasteiger partial charge in [0, 0.05) is 43.5 Å². The van der Waals surface area contributed by atoms with Gasteiger partial charge in [0.25, 0.3) is 11.8 Å². The number of aryl methyl sites for hydroxylation is 1. The van der Waals surface area contributed by atoms with Gasteiger partial charge < -0.3 is 15.0 Å². The maximum Gasteiger partial charge on any atom is 0.272 e. The van der Waals surface area contributed by atoms with Gasteiger partial charge in [0.05, 0.1) is 18.4 Å². The van der Waals surface area contributed by atoms with Gasteiger partial charge in [-0.25, -0.2) is 9.97 Å². The molecule has 1 saturated heterocycles. The Morgan fingerprint density at radius 1 is 1.09 bits per heavy atom. The maximum atomic E-state index is 12.7. The number of hydrogen-bond donors (Lipinski definition) is 1. The minimum Gasteiger partial charge on any atom is -0.496 e. The lowest BCUT2D eigenvalue weighted by atomic mass is 9.95. The second-order valence-electron chi connectivity index (χ2n) is 8.00. The summed E-state index contributed by atoms with van der Waals surface area (Å²) in [6.45, 7) is 3.43. The average Bonchev–Trinajstić information content (AvgIpc) is 2.87. The third-order valence-corrected chi connectivity index (χ3v) is 5.91. The van der Waals surface area contributed by atoms with Gasteiger partial charge in [-0.05, 0) is 38.0 Å². The molecule has 0 unspecified atom stereocenters. The van der Waals surface area contributed by atoms with E-state index in [2.05, 4.69) is 20.3 Å². The molecular formula is C25H27N5O3. The summed E-state index contributed by atoms with van der Waals surface area (Å²) < 4.78 is 5.33. The molecular weight excluding hydrogens is 418 g/mol. The topological polar surface area (TPSA) is 97.3 Å². The monoisotopic (exact) mass is 445 g/mol. The Morgan fingerprint density at radius 2 is 1.85 bits per heavy atom. The van der Waals surface area contributed by atoms with Gasteiger partial charge in [0.2, 0.25) is 0 Å². The van der Waals surface area contributed by atoms with E-state index in [9.17, 15) is 9.59 Å². The van der Waals surface area contributed by atoms with E-state index >= 15 is 0 Å². The van der Waals surface area contributed by atoms with Gasteiger partial charge in [-0.3, -0.25) is 14.6 Å². The fraction of sp³-hybridized carbons (Fsp3) is 0.320. The van der Waals surface area contributed by atoms with Gasteiger partial charge in [-0.1, -0.05) is 24.3 Å². The number of hydrogen-bond acceptors (Lipinski definition) is 6. The molecule has 2 aromatic heterocycles. The summed E-state index contributed by atoms with van der Waals surface area (Å²) in [6.07, 6.45) is 4.78. The highest BCUT2D eigenvalue weighted by molar-refractivity contribution is 5.95. The lowest BCUT2D eigenvalue weighted by molar-refractivity contribution is 0.0704. The van der Waals surface area contributed by atoms with E-state index in [4.69, 9.17) is 4.74 Å². The van der Waals surface area contributed by atoms with Crippen LogP contribution in [-0.2, 0) is 6.54 Å². The number of pyridine rings is 1. The summed E-state index contributed by atoms with van der Waals surface area (Å²) >= 11 is 0. The summed E-state index contributed by atoms with van der Waals surface area (Å²) in [5.74, 6) is 1.34. The zero-order chi connectivity index (χ0) is 23.2. The third kappa shape index (κ3) is 5.16. The van der Waals surface area contributed by atoms with E-state index in [-0.39, 0.29) is 17.7 Å². The van der Waals surface area contributed by atoms with Gasteiger partial charge in [0.1, 0.15) is 17.3 Å². The molecule has 8 nitrogen and oxygen atoms in total. The SMILES string of the molecule is COc1ccccc1CNC(=O)c1cnc(C2CCN(C(=O)c3ccccn3)CC2)nc1C. The van der Waals surface area contributed by atoms with E-state index in [0.717, 1.165) is 30.0 Å². The lowest BCUT2D eigenvalue weighted by Crippen LogP contribution is -2.38. The van der Waals surface area contributed by atoms with Crippen molar-refractivity contribution >= 4 is 11.8 Å². The molecule has 3 aromatic rings. The lowest BCUT2D eigenvalue weighted by Gasteiger charge is -2.31. The van der Waals surface area contributed by atoms with Crippen molar-refractivity contribution in [2.75, 3.05) is 20.2 Å². The summed E-state index contributed by atoms with van der Waals surface area (Å²) in [4.78, 5) is 40.4. The van der Waals surface area contributed by atoms with E-state index in [1.807, 2.05) is 42.2 Å². The molecule has 1 aliphatic rings. The number of nitrogens with one attached hydrogen (secondary N) is 1. The summed E-state index contributed by atoms with van der Waals surface area (Å²) in [5, 5.41) is 2.91. The maximum absolute atomic E-state index is 12.7. The number of nitrogens with zero attached hydrogens (tertiary/aromatic N) is 4. The zero-order valence-corrected chi connectivity index (χ0v) is 18.8. The number of carbonyl (C=O) groups is 2. The van der Waals surface area contributed by atoms with Gasteiger partial charge in [0.15, 0.2) is 0 Å². The highest BCUT2D eigenvalue weighted by atomic mass is 16.5. The second-order valence-corrected chi connectivity index (χ2v) is 8.00. The Bertz CT molecular complexity index is 1130. The zero-order valence-electron chi connectivity index (χ0n) is 18.8. The average molecular weight is 446 g/mol. The quantitative estimate of drug-likeness (QED) is 0.626. The van der Waals surface area contributed by atoms with E-state index < -0.39 is 0 Å². The second kappa shape index (κ2) is 10.2. The third-order valence-electron chi connectivity index (χ3n) is 5.91. The number of para-hydroxylation sites is 1. The predicted molar refractivity (Wildman–Crippen MR) is 123 cm³/mol. The minimum atomic E-state index is -0.222. The number of piperidine rings is 1. The van der Waals surface area contributed by atoms with E-state index in [0.29, 0.717) is 36.6 Å². The van der Waals surface area contributed by atoms with Gasteiger partial charge in [-0.15, -0.1) is 0 Å². The van der Waals surface area contributed by atoms with Crippen molar-refractivity contribution in [2.24, 2.45) is 0 Å². The summed E-state index contributed by atoms with van der Waals surface area (Å²) in [6, 6.07) is 12.9. The number of ether oxygens (including phenoxy) is 1. The van der Waals surface area contributed by atoms with Gasteiger partial charge in [-0.2, -0.15) is 0 Å². The normalized spacial score (nSPS) is 14.1. The molecule has 3 heterocycles. The number of amides is 2. The largest absolute Gasteiger partial charge is 0.496 e. The van der Waals surface area contributed by atoms with Crippen molar-refractivity contribution in [3.8, 4) is 5.75 Å². The number of benzene rings is 1. The first kappa shape index (κ1) is 22.4. The molecule has 0 aliphatic carbocycles. The first-order valence-corrected chi connectivity index (χ1v) is 11.0. The molecule has 0 atom stereocenters. The van der Waals surface area contributed by atoms with Crippen LogP contribution < -0.4 is 10.1 Å². The highest BCUT2D eigenvalue weighted by Gasteiger charge is 2.27. The van der Waals surface area contributed by atoms with Crippen LogP contribution in [0.2, 0.25) is 0 Å². The standard InChI is InChI=1S/C25H27N5O3/c1-17-20(24(31)28-15-19-7-3-4-9-22(19)33-2)16-27-23(29-17)18-10-13-30(14-11-18)25(32)21-8-5-6-12-26-21/h3-9,12,16,18H,10-11,13-15H2,1-2H3,(H,28,31). The van der Waals surface area contributed by atoms with Crippen LogP contribution in [0.15, 0.2) is 54.9 Å². The Kier molecular flexibility index (Phi) is 6.92. The molecule has 0 saturated carbocycles. The van der Waals surface area contributed by atoms with Crippen LogP contribution >= 0.6 is 0 Å². The molecule has 0 bridgehead atoms. The molecule has 1 N–H and O–H groups in total. The van der Waals surface area contributed by atoms with Crippen LogP contribution in [0.3, 0.4) is 0 Å². The molecule has 33 heavy (non-hydrogen) atoms. The smallest absolute Gasteiger partial charge is 0.272 e. The molecule has 0 spiro atoms. The van der Waals surface area contributed by atoms with Crippen molar-refractivity contribution in [1.82, 2.24) is 25.2 Å². The molecule has 170 valence electrons. The van der Waals surface area contributed by atoms with E-state index in [1.165, 1.54) is 0 Å². The van der Waals surface area contributed by atoms with Gasteiger partial charge >= 0.3 is 0 Å². The fourth-order valence-electron chi connectivity index (χ4n) is 4.02. The number of methoxy groups -OCH3 is 1. The van der Waals surface area contributed by atoms with E-state index in [1.54, 1.807) is 31.6 Å². The molecule has 4 rings (SSSR count). The molecule has 1 fully saturated rings. The molecule has 8 heteroatoms. The summed E-state index contributed by atoms with van der Waals surface area (Å²) in [5.41, 5.74) is 2.46. The van der Waals surface area contributed by atoms with Crippen LogP contribution in [0, 0.1) is 6.92 Å². The van der Waals surface area contributed by atoms with Crippen molar-refractivity contribution < 1.29 is 14.3 Å². The van der Waals surface area contributed by atoms with Crippen LogP contribution in [0.25, 0.3) is 0 Å². The number of rotatable bonds is 6. The van der Waals surface area contributed by atoms with Crippen molar-refractivity contribution in [1.29, 1.82) is 0 Å². The van der Waals surface area contributed by atoms with Crippen LogP contribution in [0.5, 0.6) is 5.75 Å². The Morgan fingerprint density at radius 3 is 2.55 bits per heavy atom. The number of aromatic nitrogens is 3. The number of likely N-dealkylation sites (tertiary alicyclic amines) is 1. The minimum absolute atomic E-state index is 0.0479. The molecule has 0 radical (unpaired) electrons. The van der Waals surface area contributed by atoms with Crippen LogP contribution in [-0.4, -0.2) is 51.9 Å². The van der Waals surface area contributed by atoms with Crippen molar-refractivity contribution in [3.63, 3.8) is 0 Å². The fourth-order valence-corrected chi connectivity index (χ4v) is 4.02. The van der Waals surface area contributed by atoms with Crippen LogP contribution in [0.4, 0.5) is 0 Å². The van der Waals surface area contributed by atoms with Crippen molar-refractivity contribution in [3.05, 3.63) is 83.2 Å². The predicted octanol–water partition coefficient (Wildman–Crippen LogP) is 3.14. The molecule has 1 aliphatic heterocycles. The molecule has 2 amide bonds. The summed E-state index contributed by atoms with van der Waals surface area (Å²) in [7, 11) is 1.61. The first-order valence-electron chi connectivity index (χ1n) is 11.0. The molecule has 1 aromatic carbocycles. The highest BCUT2D eigenvalue weighted by Crippen LogP contribution is 2.26. The Hall–Kier alpha value is -3.81. The van der Waals surface area contributed by atoms with Crippen molar-refractivity contribution in [2.45, 2.75) is 32.2 Å². The number of carbonyl (C=O) groups excluding carboxylic acids is 2.